The van der Waals surface area contributed by atoms with E-state index < -0.39 is 146 Å². The summed E-state index contributed by atoms with van der Waals surface area (Å²) in [5.41, 5.74) is 5.20. The summed E-state index contributed by atoms with van der Waals surface area (Å²) in [5.74, 6) is -9.71. The first-order valence-corrected chi connectivity index (χ1v) is 24.8. The highest BCUT2D eigenvalue weighted by atomic mass is 32.1. The standard InChI is InChI=1S/C48H62N8O21S/c1-21-42(78-48(49)51-21)45(67)53-31-16-33(56(18-31)47-41(75-29(9)64)39(73-27(7)62)37(71-25(5)60)35(77-47)20-69-23(3)58)44(66)52-30-15-32(43(65)50-13-12-14-54(10)11)55(17-30)46-40(74-28(8)63)38(72-26(6)61)36(70-24(4)59)34(76-46)19-68-22(2)57/h15-18,34-41,46-47H,12-14,19-20H2,1-11H3,(H2,49,51)(H,50,65)(H,52,66)(H,53,67)/t34-,35-,36-,37-,38-,39-,40-,41-,46+,47+/m1/s1. The highest BCUT2D eigenvalue weighted by Gasteiger charge is 2.55. The van der Waals surface area contributed by atoms with Crippen LogP contribution in [0.4, 0.5) is 16.5 Å². The van der Waals surface area contributed by atoms with E-state index >= 15 is 4.79 Å². The molecule has 0 saturated carbocycles. The van der Waals surface area contributed by atoms with Gasteiger partial charge in [0, 0.05) is 74.3 Å². The number of aryl methyl sites for hydroxylation is 1. The number of thiazole rings is 1. The lowest BCUT2D eigenvalue weighted by molar-refractivity contribution is -0.268. The highest BCUT2D eigenvalue weighted by Crippen LogP contribution is 2.39. The Morgan fingerprint density at radius 1 is 0.577 bits per heavy atom. The number of rotatable bonds is 21. The molecule has 0 bridgehead atoms. The van der Waals surface area contributed by atoms with Gasteiger partial charge in [0.15, 0.2) is 54.2 Å². The van der Waals surface area contributed by atoms with Gasteiger partial charge in [0.2, 0.25) is 0 Å². The predicted molar refractivity (Wildman–Crippen MR) is 266 cm³/mol. The molecule has 78 heavy (non-hydrogen) atoms. The third kappa shape index (κ3) is 16.3. The third-order valence-corrected chi connectivity index (χ3v) is 12.2. The topological polar surface area (TPSA) is 368 Å². The lowest BCUT2D eigenvalue weighted by Crippen LogP contribution is -2.60. The molecule has 426 valence electrons. The molecule has 2 aliphatic heterocycles. The Kier molecular flexibility index (Phi) is 21.0. The summed E-state index contributed by atoms with van der Waals surface area (Å²) < 4.78 is 59.2. The van der Waals surface area contributed by atoms with Crippen molar-refractivity contribution in [3.63, 3.8) is 0 Å². The van der Waals surface area contributed by atoms with Crippen molar-refractivity contribution in [3.8, 4) is 0 Å². The number of esters is 8. The maximum Gasteiger partial charge on any atom is 0.303 e. The lowest BCUT2D eigenvalue weighted by atomic mass is 9.97. The number of carbonyl (C=O) groups excluding carboxylic acids is 11. The first-order valence-electron chi connectivity index (χ1n) is 24.0. The average molecular weight is 1120 g/mol. The van der Waals surface area contributed by atoms with Crippen LogP contribution < -0.4 is 21.7 Å². The predicted octanol–water partition coefficient (Wildman–Crippen LogP) is 1.33. The van der Waals surface area contributed by atoms with Crippen molar-refractivity contribution in [1.29, 1.82) is 0 Å². The van der Waals surface area contributed by atoms with Crippen LogP contribution in [0.5, 0.6) is 0 Å². The van der Waals surface area contributed by atoms with E-state index in [9.17, 15) is 47.9 Å². The Balaban J connectivity index is 1.72. The second kappa shape index (κ2) is 26.9. The average Bonchev–Trinajstić information content (AvgIpc) is 4.04. The Bertz CT molecular complexity index is 2770. The number of ether oxygens (including phenoxy) is 10. The molecule has 10 atom stereocenters. The smallest absolute Gasteiger partial charge is 0.303 e. The molecule has 3 amide bonds. The van der Waals surface area contributed by atoms with Crippen LogP contribution >= 0.6 is 11.3 Å². The monoisotopic (exact) mass is 1120 g/mol. The second-order valence-corrected chi connectivity index (χ2v) is 19.0. The van der Waals surface area contributed by atoms with E-state index in [1.807, 2.05) is 19.0 Å². The fraction of sp³-hybridized carbons (Fsp3) is 0.542. The van der Waals surface area contributed by atoms with Crippen molar-refractivity contribution in [1.82, 2.24) is 24.3 Å². The Morgan fingerprint density at radius 3 is 1.33 bits per heavy atom. The molecule has 5 N–H and O–H groups in total. The van der Waals surface area contributed by atoms with E-state index in [-0.39, 0.29) is 39.3 Å². The van der Waals surface area contributed by atoms with Gasteiger partial charge in [-0.15, -0.1) is 0 Å². The number of hydrogen-bond acceptors (Lipinski definition) is 25. The van der Waals surface area contributed by atoms with Crippen LogP contribution in [0, 0.1) is 6.92 Å². The molecule has 3 aromatic heterocycles. The molecule has 0 spiro atoms. The Morgan fingerprint density at radius 2 is 0.962 bits per heavy atom. The van der Waals surface area contributed by atoms with Crippen molar-refractivity contribution in [2.75, 3.05) is 56.8 Å². The Hall–Kier alpha value is -7.96. The number of nitrogens with one attached hydrogen (secondary N) is 3. The van der Waals surface area contributed by atoms with Gasteiger partial charge >= 0.3 is 47.8 Å². The van der Waals surface area contributed by atoms with Gasteiger partial charge in [-0.2, -0.15) is 0 Å². The Labute approximate surface area is 449 Å². The summed E-state index contributed by atoms with van der Waals surface area (Å²) in [5, 5.41) is 8.20. The van der Waals surface area contributed by atoms with Gasteiger partial charge in [-0.05, 0) is 46.1 Å². The van der Waals surface area contributed by atoms with Crippen LogP contribution in [-0.2, 0) is 85.7 Å². The minimum atomic E-state index is -1.76. The van der Waals surface area contributed by atoms with Crippen LogP contribution in [0.3, 0.4) is 0 Å². The quantitative estimate of drug-likeness (QED) is 0.0664. The number of anilines is 3. The maximum atomic E-state index is 15.0. The minimum absolute atomic E-state index is 0.0742. The molecular formula is C48H62N8O21S. The zero-order chi connectivity index (χ0) is 57.9. The number of nitrogens with zero attached hydrogens (tertiary/aromatic N) is 4. The van der Waals surface area contributed by atoms with Gasteiger partial charge in [-0.1, -0.05) is 11.3 Å². The number of amides is 3. The van der Waals surface area contributed by atoms with Crippen LogP contribution in [0.1, 0.15) is 111 Å². The summed E-state index contributed by atoms with van der Waals surface area (Å²) in [6.45, 7) is 9.30. The van der Waals surface area contributed by atoms with Gasteiger partial charge in [0.25, 0.3) is 17.7 Å². The highest BCUT2D eigenvalue weighted by molar-refractivity contribution is 7.17. The van der Waals surface area contributed by atoms with E-state index in [0.717, 1.165) is 75.9 Å². The van der Waals surface area contributed by atoms with Crippen molar-refractivity contribution in [3.05, 3.63) is 46.5 Å². The summed E-state index contributed by atoms with van der Waals surface area (Å²) in [7, 11) is 3.66. The first kappa shape index (κ1) is 60.9. The summed E-state index contributed by atoms with van der Waals surface area (Å²) in [4.78, 5) is 150. The molecule has 29 nitrogen and oxygen atoms in total. The van der Waals surface area contributed by atoms with E-state index in [0.29, 0.717) is 13.0 Å². The van der Waals surface area contributed by atoms with Gasteiger partial charge in [-0.25, -0.2) is 4.98 Å². The summed E-state index contributed by atoms with van der Waals surface area (Å²) >= 11 is 0.864. The van der Waals surface area contributed by atoms with Gasteiger partial charge in [0.1, 0.15) is 41.7 Å². The molecule has 5 heterocycles. The van der Waals surface area contributed by atoms with Crippen molar-refractivity contribution in [2.24, 2.45) is 0 Å². The van der Waals surface area contributed by atoms with Crippen LogP contribution in [0.15, 0.2) is 24.5 Å². The molecule has 0 unspecified atom stereocenters. The molecule has 2 fully saturated rings. The molecule has 3 aromatic rings. The molecule has 0 radical (unpaired) electrons. The summed E-state index contributed by atoms with van der Waals surface area (Å²) in [6, 6.07) is 2.38. The van der Waals surface area contributed by atoms with E-state index in [4.69, 9.17) is 53.1 Å². The molecule has 5 rings (SSSR count). The van der Waals surface area contributed by atoms with Gasteiger partial charge in [0.05, 0.1) is 17.1 Å². The van der Waals surface area contributed by atoms with E-state index in [2.05, 4.69) is 20.9 Å². The number of carbonyl (C=O) groups is 11. The zero-order valence-corrected chi connectivity index (χ0v) is 45.3. The van der Waals surface area contributed by atoms with Crippen LogP contribution in [0.2, 0.25) is 0 Å². The second-order valence-electron chi connectivity index (χ2n) is 18.0. The number of aromatic nitrogens is 3. The molecule has 0 aromatic carbocycles. The normalized spacial score (nSPS) is 22.7. The van der Waals surface area contributed by atoms with Gasteiger partial charge < -0.3 is 83.1 Å². The molecule has 2 aliphatic rings. The zero-order valence-electron chi connectivity index (χ0n) is 44.5. The fourth-order valence-electron chi connectivity index (χ4n) is 8.44. The van der Waals surface area contributed by atoms with Crippen LogP contribution in [-0.4, -0.2) is 174 Å². The maximum absolute atomic E-state index is 15.0. The molecular weight excluding hydrogens is 1060 g/mol. The number of hydrogen-bond donors (Lipinski definition) is 4. The van der Waals surface area contributed by atoms with Crippen molar-refractivity contribution < 1.29 is 100 Å². The number of nitrogens with two attached hydrogens (primary N) is 1. The van der Waals surface area contributed by atoms with Gasteiger partial charge in [-0.3, -0.25) is 52.7 Å². The number of nitrogen functional groups attached to an aromatic ring is 1. The van der Waals surface area contributed by atoms with Crippen molar-refractivity contribution >= 4 is 93.3 Å². The minimum Gasteiger partial charge on any atom is -0.463 e. The SMILES string of the molecule is CC(=O)OC[C@H]1O[C@H](n2cc(NC(=O)c3cc(NC(=O)c4sc(N)nc4C)cn3[C@H]3O[C@H](COC(C)=O)[C@@H](OC(C)=O)[C@@H](OC(C)=O)[C@H]3OC(C)=O)cc2C(=O)NCCCN(C)C)[C@H](OC(C)=O)[C@H](OC(C)=O)[C@@H]1OC(C)=O. The van der Waals surface area contributed by atoms with Crippen LogP contribution in [0.25, 0.3) is 0 Å². The van der Waals surface area contributed by atoms with E-state index in [1.54, 1.807) is 0 Å². The largest absolute Gasteiger partial charge is 0.463 e. The third-order valence-electron chi connectivity index (χ3n) is 11.2. The first-order chi connectivity index (χ1) is 36.6. The molecule has 30 heteroatoms. The lowest BCUT2D eigenvalue weighted by Gasteiger charge is -2.45. The summed E-state index contributed by atoms with van der Waals surface area (Å²) in [6.07, 6.45) is -13.6. The molecule has 0 aliphatic carbocycles. The van der Waals surface area contributed by atoms with Crippen molar-refractivity contribution in [2.45, 2.75) is 130 Å². The molecule has 2 saturated heterocycles. The fourth-order valence-corrected chi connectivity index (χ4v) is 9.17. The van der Waals surface area contributed by atoms with E-state index in [1.165, 1.54) is 31.5 Å².